The number of benzene rings is 4. The van der Waals surface area contributed by atoms with Gasteiger partial charge in [-0.15, -0.1) is 0 Å². The van der Waals surface area contributed by atoms with Gasteiger partial charge >= 0.3 is 273 Å². The molecule has 232 valence electrons. The standard InChI is InChI=1S/C29H26NO.3C4H9.Sn/c1-5-13-24(14-6-1)22-31-23-28-21-30(28)29(25-15-7-2-8-16-25,26-17-9-3-10-18-26)27-19-11-4-12-20-27;3*1-3-4-2;/h1-21,28H,22-23H2;3*1,3-4H2,2H3;/t28-,30?;;;;/m1..../s1. The van der Waals surface area contributed by atoms with E-state index in [0.717, 1.165) is 6.61 Å². The number of nitrogens with zero attached hydrogens (tertiary/aromatic N) is 1. The molecule has 3 atom stereocenters. The van der Waals surface area contributed by atoms with Crippen LogP contribution in [0.1, 0.15) is 81.5 Å². The van der Waals surface area contributed by atoms with E-state index < -0.39 is 18.4 Å². The summed E-state index contributed by atoms with van der Waals surface area (Å²) in [5.41, 5.74) is 5.01. The van der Waals surface area contributed by atoms with Crippen molar-refractivity contribution in [3.8, 4) is 0 Å². The molecule has 0 radical (unpaired) electrons. The van der Waals surface area contributed by atoms with E-state index in [0.29, 0.717) is 16.7 Å². The van der Waals surface area contributed by atoms with E-state index in [1.54, 1.807) is 0 Å². The SMILES string of the molecule is CCC[CH2][Sn]([CH2]CCC)([CH2]CCC)[C@@H]1[C@H](COCc2ccccc2)N1C(c1ccccc1)(c1ccccc1)c1ccccc1. The van der Waals surface area contributed by atoms with Crippen LogP contribution in [0, 0.1) is 0 Å². The zero-order valence-corrected chi connectivity index (χ0v) is 30.2. The molecular weight excluding hydrogens is 641 g/mol. The van der Waals surface area contributed by atoms with Gasteiger partial charge in [0.1, 0.15) is 0 Å². The van der Waals surface area contributed by atoms with Crippen molar-refractivity contribution in [3.05, 3.63) is 144 Å². The summed E-state index contributed by atoms with van der Waals surface area (Å²) in [6.45, 7) is 8.64. The van der Waals surface area contributed by atoms with Gasteiger partial charge in [-0.1, -0.05) is 0 Å². The molecule has 4 aromatic rings. The Morgan fingerprint density at radius 3 is 1.34 bits per heavy atom. The number of hydrogen-bond acceptors (Lipinski definition) is 2. The molecule has 1 unspecified atom stereocenters. The monoisotopic (exact) mass is 695 g/mol. The fourth-order valence-corrected chi connectivity index (χ4v) is 27.2. The number of rotatable bonds is 18. The average molecular weight is 695 g/mol. The first kappa shape index (κ1) is 33.0. The van der Waals surface area contributed by atoms with E-state index in [1.165, 1.54) is 74.1 Å². The molecule has 4 aromatic carbocycles. The molecule has 1 fully saturated rings. The summed E-state index contributed by atoms with van der Waals surface area (Å²) >= 11 is -2.77. The normalized spacial score (nSPS) is 18.3. The van der Waals surface area contributed by atoms with Gasteiger partial charge < -0.3 is 0 Å². The van der Waals surface area contributed by atoms with Crippen LogP contribution in [0.25, 0.3) is 0 Å². The second-order valence-corrected chi connectivity index (χ2v) is 26.6. The Morgan fingerprint density at radius 2 is 0.955 bits per heavy atom. The predicted octanol–water partition coefficient (Wildman–Crippen LogP) is 10.6. The zero-order chi connectivity index (χ0) is 30.7. The summed E-state index contributed by atoms with van der Waals surface area (Å²) < 4.78 is 11.8. The van der Waals surface area contributed by atoms with Gasteiger partial charge in [0, 0.05) is 0 Å². The Bertz CT molecular complexity index is 1240. The summed E-state index contributed by atoms with van der Waals surface area (Å²) in [6.07, 6.45) is 8.00. The molecule has 0 amide bonds. The van der Waals surface area contributed by atoms with E-state index in [2.05, 4.69) is 147 Å². The summed E-state index contributed by atoms with van der Waals surface area (Å²) in [7, 11) is 0. The molecule has 1 heterocycles. The molecule has 1 aliphatic heterocycles. The van der Waals surface area contributed by atoms with Crippen molar-refractivity contribution in [1.82, 2.24) is 4.90 Å². The molecule has 44 heavy (non-hydrogen) atoms. The van der Waals surface area contributed by atoms with Crippen LogP contribution in [0.3, 0.4) is 0 Å². The van der Waals surface area contributed by atoms with Crippen LogP contribution in [-0.2, 0) is 16.9 Å². The first-order valence-electron chi connectivity index (χ1n) is 17.3. The van der Waals surface area contributed by atoms with Crippen molar-refractivity contribution in [2.24, 2.45) is 0 Å². The molecule has 5 rings (SSSR count). The number of unbranched alkanes of at least 4 members (excludes halogenated alkanes) is 3. The third-order valence-electron chi connectivity index (χ3n) is 10.0. The van der Waals surface area contributed by atoms with Crippen molar-refractivity contribution in [3.63, 3.8) is 0 Å². The minimum atomic E-state index is -2.77. The summed E-state index contributed by atoms with van der Waals surface area (Å²) in [5, 5.41) is 0. The molecule has 0 saturated carbocycles. The molecule has 2 nitrogen and oxygen atoms in total. The van der Waals surface area contributed by atoms with Gasteiger partial charge in [-0.25, -0.2) is 0 Å². The fourth-order valence-electron chi connectivity index (χ4n) is 7.87. The Kier molecular flexibility index (Phi) is 12.2. The summed E-state index contributed by atoms with van der Waals surface area (Å²) in [5.74, 6) is 0. The third kappa shape index (κ3) is 7.19. The van der Waals surface area contributed by atoms with Gasteiger partial charge in [0.25, 0.3) is 0 Å². The Labute approximate surface area is 271 Å². The molecule has 0 N–H and O–H groups in total. The second-order valence-electron chi connectivity index (χ2n) is 12.9. The summed E-state index contributed by atoms with van der Waals surface area (Å²) in [4.78, 5) is 3.00. The first-order chi connectivity index (χ1) is 21.7. The average Bonchev–Trinajstić information content (AvgIpc) is 3.81. The maximum atomic E-state index is 6.71. The minimum absolute atomic E-state index is 0.359. The van der Waals surface area contributed by atoms with E-state index >= 15 is 0 Å². The molecule has 1 aliphatic rings. The van der Waals surface area contributed by atoms with Gasteiger partial charge in [-0.3, -0.25) is 0 Å². The predicted molar refractivity (Wildman–Crippen MR) is 190 cm³/mol. The van der Waals surface area contributed by atoms with Crippen LogP contribution in [0.15, 0.2) is 121 Å². The molecule has 0 aliphatic carbocycles. The number of ether oxygens (including phenoxy) is 1. The fraction of sp³-hybridized carbons (Fsp3) is 0.415. The molecule has 3 heteroatoms. The van der Waals surface area contributed by atoms with Crippen LogP contribution >= 0.6 is 0 Å². The van der Waals surface area contributed by atoms with Crippen LogP contribution in [0.5, 0.6) is 0 Å². The van der Waals surface area contributed by atoms with Gasteiger partial charge in [0.05, 0.1) is 0 Å². The van der Waals surface area contributed by atoms with Crippen molar-refractivity contribution >= 4 is 18.4 Å². The molecule has 0 spiro atoms. The van der Waals surface area contributed by atoms with Gasteiger partial charge in [-0.2, -0.15) is 0 Å². The summed E-state index contributed by atoms with van der Waals surface area (Å²) in [6, 6.07) is 45.3. The van der Waals surface area contributed by atoms with Crippen molar-refractivity contribution < 1.29 is 4.74 Å². The second kappa shape index (κ2) is 16.2. The first-order valence-corrected chi connectivity index (χ1v) is 25.0. The van der Waals surface area contributed by atoms with Crippen molar-refractivity contribution in [1.29, 1.82) is 0 Å². The molecule has 0 bridgehead atoms. The van der Waals surface area contributed by atoms with Crippen molar-refractivity contribution in [2.75, 3.05) is 6.61 Å². The zero-order valence-electron chi connectivity index (χ0n) is 27.3. The van der Waals surface area contributed by atoms with Gasteiger partial charge in [0.2, 0.25) is 0 Å². The van der Waals surface area contributed by atoms with Gasteiger partial charge in [-0.05, 0) is 0 Å². The van der Waals surface area contributed by atoms with Crippen LogP contribution in [0.2, 0.25) is 13.3 Å². The Morgan fingerprint density at radius 1 is 0.568 bits per heavy atom. The maximum absolute atomic E-state index is 6.71. The quantitative estimate of drug-likeness (QED) is 0.0584. The Hall–Kier alpha value is -2.40. The van der Waals surface area contributed by atoms with E-state index in [9.17, 15) is 0 Å². The number of hydrogen-bond donors (Lipinski definition) is 0. The van der Waals surface area contributed by atoms with Crippen molar-refractivity contribution in [2.45, 2.75) is 94.9 Å². The van der Waals surface area contributed by atoms with E-state index in [4.69, 9.17) is 4.74 Å². The van der Waals surface area contributed by atoms with E-state index in [1.807, 2.05) is 0 Å². The van der Waals surface area contributed by atoms with Crippen LogP contribution in [-0.4, -0.2) is 40.0 Å². The van der Waals surface area contributed by atoms with Crippen LogP contribution < -0.4 is 0 Å². The van der Waals surface area contributed by atoms with E-state index in [-0.39, 0.29) is 5.54 Å². The van der Waals surface area contributed by atoms with Gasteiger partial charge in [0.15, 0.2) is 0 Å². The molecular formula is C41H53NOSn. The molecule has 0 aromatic heterocycles. The topological polar surface area (TPSA) is 12.2 Å². The molecule has 1 saturated heterocycles. The van der Waals surface area contributed by atoms with Crippen LogP contribution in [0.4, 0.5) is 0 Å². The third-order valence-corrected chi connectivity index (χ3v) is 27.0. The Balaban J connectivity index is 1.68.